The Morgan fingerprint density at radius 2 is 1.32 bits per heavy atom. The summed E-state index contributed by atoms with van der Waals surface area (Å²) in [6.07, 6.45) is 7.99. The van der Waals surface area contributed by atoms with E-state index in [1.54, 1.807) is 0 Å². The van der Waals surface area contributed by atoms with Gasteiger partial charge in [0.1, 0.15) is 16.7 Å². The number of para-hydroxylation sites is 3. The van der Waals surface area contributed by atoms with Crippen molar-refractivity contribution in [1.29, 1.82) is 0 Å². The summed E-state index contributed by atoms with van der Waals surface area (Å²) in [5.41, 5.74) is 6.99. The normalized spacial score (nSPS) is 12.1. The Morgan fingerprint density at radius 3 is 2.06 bits per heavy atom. The van der Waals surface area contributed by atoms with Gasteiger partial charge in [-0.3, -0.25) is 0 Å². The van der Waals surface area contributed by atoms with Crippen LogP contribution in [0, 0.1) is 0 Å². The second kappa shape index (κ2) is 8.13. The maximum Gasteiger partial charge on any atom is 0.158 e. The lowest BCUT2D eigenvalue weighted by molar-refractivity contribution is 0.667. The summed E-state index contributed by atoms with van der Waals surface area (Å²) in [4.78, 5) is 0. The number of hydrogen-bond acceptors (Lipinski definition) is 3. The second-order valence-corrected chi connectivity index (χ2v) is 8.28. The number of allylic oxidation sites excluding steroid dienone is 5. The summed E-state index contributed by atoms with van der Waals surface area (Å²) >= 11 is 0. The van der Waals surface area contributed by atoms with Crippen LogP contribution in [0.25, 0.3) is 49.5 Å². The topological polar surface area (TPSA) is 38.3 Å². The minimum Gasteiger partial charge on any atom is -0.455 e. The predicted molar refractivity (Wildman–Crippen MR) is 144 cm³/mol. The van der Waals surface area contributed by atoms with Gasteiger partial charge in [-0.2, -0.15) is 0 Å². The zero-order chi connectivity index (χ0) is 23.1. The molecule has 0 amide bonds. The Labute approximate surface area is 197 Å². The van der Waals surface area contributed by atoms with Crippen LogP contribution in [0.4, 0.5) is 11.4 Å². The van der Waals surface area contributed by atoms with Gasteiger partial charge in [0.05, 0.1) is 11.4 Å². The summed E-state index contributed by atoms with van der Waals surface area (Å²) in [5.74, 6) is 0. The van der Waals surface area contributed by atoms with Crippen molar-refractivity contribution >= 4 is 60.8 Å². The summed E-state index contributed by atoms with van der Waals surface area (Å²) < 4.78 is 12.6. The van der Waals surface area contributed by atoms with Gasteiger partial charge < -0.3 is 14.2 Å². The molecule has 0 aliphatic rings. The molecular weight excluding hydrogens is 418 g/mol. The van der Waals surface area contributed by atoms with Gasteiger partial charge in [0, 0.05) is 27.1 Å². The van der Waals surface area contributed by atoms with E-state index in [1.807, 2.05) is 79.8 Å². The van der Waals surface area contributed by atoms with Crippen molar-refractivity contribution in [2.45, 2.75) is 6.92 Å². The fourth-order valence-corrected chi connectivity index (χ4v) is 4.57. The Balaban J connectivity index is 1.56. The highest BCUT2D eigenvalue weighted by Crippen LogP contribution is 2.41. The number of hydrogen-bond donors (Lipinski definition) is 1. The lowest BCUT2D eigenvalue weighted by Crippen LogP contribution is -1.96. The van der Waals surface area contributed by atoms with Gasteiger partial charge >= 0.3 is 0 Å². The predicted octanol–water partition coefficient (Wildman–Crippen LogP) is 9.37. The SMILES string of the molecule is C=C(/C=C\C=C/C)c1c(Nc2cccc3c2oc2ccccc23)ccc2c1oc1ccccc12. The number of rotatable bonds is 5. The molecule has 0 bridgehead atoms. The van der Waals surface area contributed by atoms with Crippen molar-refractivity contribution in [3.8, 4) is 0 Å². The molecule has 6 rings (SSSR count). The van der Waals surface area contributed by atoms with Crippen molar-refractivity contribution in [2.75, 3.05) is 5.32 Å². The minimum atomic E-state index is 0.818. The molecule has 4 aromatic carbocycles. The molecule has 0 saturated carbocycles. The molecule has 0 aliphatic carbocycles. The highest BCUT2D eigenvalue weighted by atomic mass is 16.3. The summed E-state index contributed by atoms with van der Waals surface area (Å²) in [6.45, 7) is 6.37. The Kier molecular flexibility index (Phi) is 4.81. The molecule has 2 heterocycles. The van der Waals surface area contributed by atoms with Crippen LogP contribution in [0.3, 0.4) is 0 Å². The van der Waals surface area contributed by atoms with Gasteiger partial charge in [-0.15, -0.1) is 0 Å². The quantitative estimate of drug-likeness (QED) is 0.271. The van der Waals surface area contributed by atoms with Crippen LogP contribution in [-0.2, 0) is 0 Å². The van der Waals surface area contributed by atoms with E-state index >= 15 is 0 Å². The standard InChI is InChI=1S/C31H23NO2/c1-3-4-5-11-20(2)29-25(19-18-24-22-13-7-9-17-28(22)34-31(24)29)32-26-15-10-14-23-21-12-6-8-16-27(21)33-30(23)26/h3-19,32H,2H2,1H3/b4-3-,11-5-. The maximum atomic E-state index is 6.35. The van der Waals surface area contributed by atoms with Crippen molar-refractivity contribution < 1.29 is 8.83 Å². The van der Waals surface area contributed by atoms with E-state index in [0.717, 1.165) is 66.4 Å². The van der Waals surface area contributed by atoms with E-state index in [9.17, 15) is 0 Å². The molecule has 6 aromatic rings. The maximum absolute atomic E-state index is 6.35. The van der Waals surface area contributed by atoms with Crippen molar-refractivity contribution in [3.05, 3.63) is 115 Å². The van der Waals surface area contributed by atoms with Crippen LogP contribution in [0.15, 0.2) is 119 Å². The Bertz CT molecular complexity index is 1760. The molecule has 0 aliphatic heterocycles. The number of furan rings is 2. The first-order valence-corrected chi connectivity index (χ1v) is 11.3. The van der Waals surface area contributed by atoms with Crippen molar-refractivity contribution in [3.63, 3.8) is 0 Å². The third kappa shape index (κ3) is 3.22. The number of anilines is 2. The molecule has 3 nitrogen and oxygen atoms in total. The molecule has 0 spiro atoms. The molecule has 0 unspecified atom stereocenters. The van der Waals surface area contributed by atoms with Crippen molar-refractivity contribution in [1.82, 2.24) is 0 Å². The van der Waals surface area contributed by atoms with Crippen LogP contribution in [0.2, 0.25) is 0 Å². The number of nitrogens with one attached hydrogen (secondary N) is 1. The van der Waals surface area contributed by atoms with Gasteiger partial charge in [-0.05, 0) is 42.8 Å². The van der Waals surface area contributed by atoms with Crippen molar-refractivity contribution in [2.24, 2.45) is 0 Å². The highest BCUT2D eigenvalue weighted by molar-refractivity contribution is 6.12. The van der Waals surface area contributed by atoms with Crippen LogP contribution in [0.1, 0.15) is 12.5 Å². The Morgan fingerprint density at radius 1 is 0.676 bits per heavy atom. The fourth-order valence-electron chi connectivity index (χ4n) is 4.57. The van der Waals surface area contributed by atoms with Crippen LogP contribution >= 0.6 is 0 Å². The minimum absolute atomic E-state index is 0.818. The zero-order valence-corrected chi connectivity index (χ0v) is 18.8. The average molecular weight is 442 g/mol. The molecule has 34 heavy (non-hydrogen) atoms. The Hall–Kier alpha value is -4.50. The molecular formula is C31H23NO2. The molecule has 0 atom stereocenters. The number of fused-ring (bicyclic) bond motifs is 6. The van der Waals surface area contributed by atoms with Gasteiger partial charge in [-0.25, -0.2) is 0 Å². The first-order chi connectivity index (χ1) is 16.7. The fraction of sp³-hybridized carbons (Fsp3) is 0.0323. The van der Waals surface area contributed by atoms with Crippen LogP contribution in [0.5, 0.6) is 0 Å². The first-order valence-electron chi connectivity index (χ1n) is 11.3. The molecule has 164 valence electrons. The highest BCUT2D eigenvalue weighted by Gasteiger charge is 2.18. The zero-order valence-electron chi connectivity index (χ0n) is 18.8. The van der Waals surface area contributed by atoms with Gasteiger partial charge in [0.15, 0.2) is 5.58 Å². The lowest BCUT2D eigenvalue weighted by Gasteiger charge is -2.13. The molecule has 2 aromatic heterocycles. The lowest BCUT2D eigenvalue weighted by atomic mass is 10.00. The molecule has 0 radical (unpaired) electrons. The molecule has 1 N–H and O–H groups in total. The summed E-state index contributed by atoms with van der Waals surface area (Å²) in [5, 5.41) is 7.97. The van der Waals surface area contributed by atoms with Gasteiger partial charge in [0.2, 0.25) is 0 Å². The third-order valence-corrected chi connectivity index (χ3v) is 6.14. The molecule has 3 heteroatoms. The van der Waals surface area contributed by atoms with E-state index < -0.39 is 0 Å². The second-order valence-electron chi connectivity index (χ2n) is 8.28. The third-order valence-electron chi connectivity index (χ3n) is 6.14. The van der Waals surface area contributed by atoms with E-state index in [0.29, 0.717) is 0 Å². The average Bonchev–Trinajstić information content (AvgIpc) is 3.43. The largest absolute Gasteiger partial charge is 0.455 e. The summed E-state index contributed by atoms with van der Waals surface area (Å²) in [7, 11) is 0. The van der Waals surface area contributed by atoms with Gasteiger partial charge in [0.25, 0.3) is 0 Å². The van der Waals surface area contributed by atoms with Crippen LogP contribution in [-0.4, -0.2) is 0 Å². The first kappa shape index (κ1) is 20.1. The van der Waals surface area contributed by atoms with Gasteiger partial charge in [-0.1, -0.05) is 79.4 Å². The van der Waals surface area contributed by atoms with E-state index in [2.05, 4.69) is 42.2 Å². The smallest absolute Gasteiger partial charge is 0.158 e. The van der Waals surface area contributed by atoms with E-state index in [-0.39, 0.29) is 0 Å². The van der Waals surface area contributed by atoms with E-state index in [4.69, 9.17) is 8.83 Å². The summed E-state index contributed by atoms with van der Waals surface area (Å²) in [6, 6.07) is 26.6. The monoisotopic (exact) mass is 441 g/mol. The molecule has 0 saturated heterocycles. The number of benzene rings is 4. The van der Waals surface area contributed by atoms with E-state index in [1.165, 1.54) is 0 Å². The molecule has 0 fully saturated rings. The van der Waals surface area contributed by atoms with Crippen LogP contribution < -0.4 is 5.32 Å².